The van der Waals surface area contributed by atoms with E-state index in [0.717, 1.165) is 0 Å². The fourth-order valence-corrected chi connectivity index (χ4v) is 1.78. The van der Waals surface area contributed by atoms with Crippen molar-refractivity contribution in [3.05, 3.63) is 39.8 Å². The van der Waals surface area contributed by atoms with Gasteiger partial charge in [0.25, 0.3) is 5.56 Å². The van der Waals surface area contributed by atoms with Crippen LogP contribution in [0, 0.1) is 6.92 Å². The van der Waals surface area contributed by atoms with Crippen LogP contribution in [0.4, 0.5) is 0 Å². The van der Waals surface area contributed by atoms with Crippen LogP contribution in [0.25, 0.3) is 11.4 Å². The van der Waals surface area contributed by atoms with Crippen molar-refractivity contribution in [1.82, 2.24) is 9.97 Å². The van der Waals surface area contributed by atoms with E-state index in [1.54, 1.807) is 0 Å². The first-order valence-electron chi connectivity index (χ1n) is 5.72. The van der Waals surface area contributed by atoms with Gasteiger partial charge in [0.05, 0.1) is 6.42 Å². The number of aromatic amines is 1. The predicted octanol–water partition coefficient (Wildman–Crippen LogP) is 0.784. The number of phenols is 2. The van der Waals surface area contributed by atoms with Gasteiger partial charge in [0.2, 0.25) is 0 Å². The number of nitrogens with zero attached hydrogens (tertiary/aromatic N) is 1. The molecule has 20 heavy (non-hydrogen) atoms. The molecule has 0 aliphatic heterocycles. The highest BCUT2D eigenvalue weighted by Gasteiger charge is 2.13. The topological polar surface area (TPSA) is 124 Å². The van der Waals surface area contributed by atoms with E-state index >= 15 is 0 Å². The van der Waals surface area contributed by atoms with Gasteiger partial charge in [-0.3, -0.25) is 9.59 Å². The molecule has 0 fully saturated rings. The number of rotatable bonds is 3. The standard InChI is InChI=1S/C13H12N2O5/c1-6-8(5-11(18)19)13(20)15-12(14-6)7-2-3-9(16)10(17)4-7/h2-4,16-17H,5H2,1H3,(H,18,19)(H,14,15,20). The average Bonchev–Trinajstić information content (AvgIpc) is 2.36. The summed E-state index contributed by atoms with van der Waals surface area (Å²) in [7, 11) is 0. The van der Waals surface area contributed by atoms with Gasteiger partial charge in [0.1, 0.15) is 5.82 Å². The number of aliphatic carboxylic acids is 1. The summed E-state index contributed by atoms with van der Waals surface area (Å²) in [6.07, 6.45) is -0.407. The summed E-state index contributed by atoms with van der Waals surface area (Å²) in [4.78, 5) is 29.1. The van der Waals surface area contributed by atoms with E-state index in [1.807, 2.05) is 0 Å². The third-order valence-electron chi connectivity index (χ3n) is 2.80. The first-order chi connectivity index (χ1) is 9.38. The van der Waals surface area contributed by atoms with Gasteiger partial charge < -0.3 is 20.3 Å². The lowest BCUT2D eigenvalue weighted by molar-refractivity contribution is -0.136. The van der Waals surface area contributed by atoms with Crippen LogP contribution < -0.4 is 5.56 Å². The summed E-state index contributed by atoms with van der Waals surface area (Å²) in [5, 5.41) is 27.4. The van der Waals surface area contributed by atoms with E-state index in [9.17, 15) is 19.8 Å². The molecule has 104 valence electrons. The van der Waals surface area contributed by atoms with Gasteiger partial charge in [0.15, 0.2) is 11.5 Å². The average molecular weight is 276 g/mol. The Hall–Kier alpha value is -2.83. The number of hydrogen-bond donors (Lipinski definition) is 4. The van der Waals surface area contributed by atoms with E-state index < -0.39 is 17.9 Å². The van der Waals surface area contributed by atoms with Crippen LogP contribution in [-0.4, -0.2) is 31.3 Å². The molecule has 0 saturated heterocycles. The van der Waals surface area contributed by atoms with Crippen LogP contribution in [0.3, 0.4) is 0 Å². The molecule has 1 heterocycles. The van der Waals surface area contributed by atoms with E-state index in [1.165, 1.54) is 25.1 Å². The maximum atomic E-state index is 11.9. The molecule has 0 radical (unpaired) electrons. The maximum Gasteiger partial charge on any atom is 0.308 e. The lowest BCUT2D eigenvalue weighted by Gasteiger charge is -2.07. The molecule has 0 unspecified atom stereocenters. The number of benzene rings is 1. The molecule has 0 bridgehead atoms. The molecule has 0 spiro atoms. The molecular weight excluding hydrogens is 264 g/mol. The minimum Gasteiger partial charge on any atom is -0.504 e. The number of hydrogen-bond acceptors (Lipinski definition) is 5. The highest BCUT2D eigenvalue weighted by atomic mass is 16.4. The van der Waals surface area contributed by atoms with Crippen molar-refractivity contribution < 1.29 is 20.1 Å². The number of nitrogens with one attached hydrogen (secondary N) is 1. The van der Waals surface area contributed by atoms with Crippen molar-refractivity contribution in [3.63, 3.8) is 0 Å². The maximum absolute atomic E-state index is 11.9. The van der Waals surface area contributed by atoms with Gasteiger partial charge in [-0.25, -0.2) is 4.98 Å². The summed E-state index contributed by atoms with van der Waals surface area (Å²) < 4.78 is 0. The predicted molar refractivity (Wildman–Crippen MR) is 69.7 cm³/mol. The smallest absolute Gasteiger partial charge is 0.308 e. The highest BCUT2D eigenvalue weighted by molar-refractivity contribution is 5.70. The van der Waals surface area contributed by atoms with Crippen LogP contribution in [0.15, 0.2) is 23.0 Å². The molecule has 1 aromatic carbocycles. The molecular formula is C13H12N2O5. The Balaban J connectivity index is 2.52. The molecule has 4 N–H and O–H groups in total. The number of H-pyrrole nitrogens is 1. The van der Waals surface area contributed by atoms with Gasteiger partial charge in [-0.2, -0.15) is 0 Å². The number of aromatic hydroxyl groups is 2. The SMILES string of the molecule is Cc1nc(-c2ccc(O)c(O)c2)[nH]c(=O)c1CC(=O)O. The normalized spacial score (nSPS) is 10.4. The zero-order chi connectivity index (χ0) is 14.9. The number of carbonyl (C=O) groups is 1. The van der Waals surface area contributed by atoms with Crippen LogP contribution >= 0.6 is 0 Å². The van der Waals surface area contributed by atoms with Crippen molar-refractivity contribution in [3.8, 4) is 22.9 Å². The second-order valence-corrected chi connectivity index (χ2v) is 4.25. The molecule has 0 atom stereocenters. The Morgan fingerprint density at radius 3 is 2.55 bits per heavy atom. The molecule has 2 aromatic rings. The van der Waals surface area contributed by atoms with Crippen molar-refractivity contribution >= 4 is 5.97 Å². The second kappa shape index (κ2) is 5.04. The molecule has 7 nitrogen and oxygen atoms in total. The van der Waals surface area contributed by atoms with Crippen molar-refractivity contribution in [2.75, 3.05) is 0 Å². The van der Waals surface area contributed by atoms with E-state index in [4.69, 9.17) is 5.11 Å². The highest BCUT2D eigenvalue weighted by Crippen LogP contribution is 2.28. The number of carboxylic acid groups (broad SMARTS) is 1. The summed E-state index contributed by atoms with van der Waals surface area (Å²) in [6.45, 7) is 1.54. The van der Waals surface area contributed by atoms with Gasteiger partial charge in [-0.15, -0.1) is 0 Å². The van der Waals surface area contributed by atoms with Crippen molar-refractivity contribution in [1.29, 1.82) is 0 Å². The Morgan fingerprint density at radius 1 is 1.30 bits per heavy atom. The van der Waals surface area contributed by atoms with Gasteiger partial charge in [-0.1, -0.05) is 0 Å². The molecule has 2 rings (SSSR count). The van der Waals surface area contributed by atoms with E-state index in [0.29, 0.717) is 11.3 Å². The third kappa shape index (κ3) is 2.61. The first-order valence-corrected chi connectivity index (χ1v) is 5.72. The molecule has 7 heteroatoms. The van der Waals surface area contributed by atoms with Crippen LogP contribution in [0.1, 0.15) is 11.3 Å². The Kier molecular flexibility index (Phi) is 3.43. The van der Waals surface area contributed by atoms with Crippen molar-refractivity contribution in [2.24, 2.45) is 0 Å². The molecule has 0 saturated carbocycles. The van der Waals surface area contributed by atoms with E-state index in [2.05, 4.69) is 9.97 Å². The molecule has 0 aliphatic carbocycles. The second-order valence-electron chi connectivity index (χ2n) is 4.25. The summed E-state index contributed by atoms with van der Waals surface area (Å²) in [5.41, 5.74) is 0.257. The summed E-state index contributed by atoms with van der Waals surface area (Å²) in [6, 6.07) is 4.00. The van der Waals surface area contributed by atoms with E-state index in [-0.39, 0.29) is 22.9 Å². The summed E-state index contributed by atoms with van der Waals surface area (Å²) in [5.74, 6) is -1.54. The van der Waals surface area contributed by atoms with Crippen molar-refractivity contribution in [2.45, 2.75) is 13.3 Å². The van der Waals surface area contributed by atoms with Crippen LogP contribution in [0.5, 0.6) is 11.5 Å². The lowest BCUT2D eigenvalue weighted by Crippen LogP contribution is -2.20. The first kappa shape index (κ1) is 13.6. The van der Waals surface area contributed by atoms with Crippen LogP contribution in [0.2, 0.25) is 0 Å². The Morgan fingerprint density at radius 2 is 2.00 bits per heavy atom. The molecule has 0 aliphatic rings. The Bertz CT molecular complexity index is 736. The molecule has 0 amide bonds. The number of carboxylic acids is 1. The summed E-state index contributed by atoms with van der Waals surface area (Å²) >= 11 is 0. The fourth-order valence-electron chi connectivity index (χ4n) is 1.78. The Labute approximate surface area is 113 Å². The van der Waals surface area contributed by atoms with Gasteiger partial charge in [-0.05, 0) is 25.1 Å². The van der Waals surface area contributed by atoms with Gasteiger partial charge >= 0.3 is 5.97 Å². The lowest BCUT2D eigenvalue weighted by atomic mass is 10.1. The third-order valence-corrected chi connectivity index (χ3v) is 2.80. The van der Waals surface area contributed by atoms with Gasteiger partial charge in [0, 0.05) is 16.8 Å². The van der Waals surface area contributed by atoms with Crippen LogP contribution in [-0.2, 0) is 11.2 Å². The number of phenolic OH excluding ortho intramolecular Hbond substituents is 2. The monoisotopic (exact) mass is 276 g/mol. The molecule has 1 aromatic heterocycles. The quantitative estimate of drug-likeness (QED) is 0.614. The zero-order valence-electron chi connectivity index (χ0n) is 10.5. The largest absolute Gasteiger partial charge is 0.504 e. The minimum atomic E-state index is -1.12. The number of aromatic nitrogens is 2. The minimum absolute atomic E-state index is 0.0873. The number of aryl methyl sites for hydroxylation is 1. The zero-order valence-corrected chi connectivity index (χ0v) is 10.5. The fraction of sp³-hybridized carbons (Fsp3) is 0.154.